The molecule has 0 aliphatic carbocycles. The Labute approximate surface area is 134 Å². The standard InChI is InChI=1S/C20H18N2O/c1-14-18-13-19(23)16-9-5-6-10-17(16)20(18)22(21-14)12-11-15-7-3-2-4-8-15/h2-10,13,23H,11-12H2,1H3. The average Bonchev–Trinajstić information content (AvgIpc) is 2.90. The van der Waals surface area contributed by atoms with Gasteiger partial charge >= 0.3 is 0 Å². The Bertz CT molecular complexity index is 987. The van der Waals surface area contributed by atoms with Gasteiger partial charge in [-0.2, -0.15) is 5.10 Å². The first-order chi connectivity index (χ1) is 11.2. The summed E-state index contributed by atoms with van der Waals surface area (Å²) in [6, 6.07) is 20.2. The second kappa shape index (κ2) is 5.43. The normalized spacial score (nSPS) is 11.3. The highest BCUT2D eigenvalue weighted by atomic mass is 16.3. The van der Waals surface area contributed by atoms with Crippen LogP contribution in [-0.2, 0) is 13.0 Å². The van der Waals surface area contributed by atoms with Crippen molar-refractivity contribution in [3.05, 3.63) is 71.9 Å². The average molecular weight is 302 g/mol. The number of benzene rings is 3. The van der Waals surface area contributed by atoms with Gasteiger partial charge in [-0.1, -0.05) is 54.6 Å². The quantitative estimate of drug-likeness (QED) is 0.607. The van der Waals surface area contributed by atoms with Gasteiger partial charge in [0.25, 0.3) is 0 Å². The molecular formula is C20H18N2O. The summed E-state index contributed by atoms with van der Waals surface area (Å²) in [6.07, 6.45) is 0.937. The summed E-state index contributed by atoms with van der Waals surface area (Å²) in [7, 11) is 0. The molecule has 4 rings (SSSR count). The molecule has 114 valence electrons. The van der Waals surface area contributed by atoms with Crippen LogP contribution in [0.25, 0.3) is 21.7 Å². The predicted molar refractivity (Wildman–Crippen MR) is 93.8 cm³/mol. The zero-order valence-corrected chi connectivity index (χ0v) is 13.0. The first-order valence-electron chi connectivity index (χ1n) is 7.86. The number of phenols is 1. The molecule has 4 aromatic rings. The molecule has 1 N–H and O–H groups in total. The van der Waals surface area contributed by atoms with Crippen LogP contribution in [0.1, 0.15) is 11.3 Å². The first-order valence-corrected chi connectivity index (χ1v) is 7.86. The molecule has 3 aromatic carbocycles. The third-order valence-electron chi connectivity index (χ3n) is 4.37. The number of aromatic hydroxyl groups is 1. The molecule has 0 saturated heterocycles. The minimum Gasteiger partial charge on any atom is -0.507 e. The zero-order valence-electron chi connectivity index (χ0n) is 13.0. The van der Waals surface area contributed by atoms with E-state index in [4.69, 9.17) is 5.10 Å². The van der Waals surface area contributed by atoms with E-state index in [-0.39, 0.29) is 0 Å². The third-order valence-corrected chi connectivity index (χ3v) is 4.37. The molecule has 0 saturated carbocycles. The van der Waals surface area contributed by atoms with Crippen LogP contribution in [0.3, 0.4) is 0 Å². The Morgan fingerprint density at radius 1 is 0.913 bits per heavy atom. The number of nitrogens with zero attached hydrogens (tertiary/aromatic N) is 2. The lowest BCUT2D eigenvalue weighted by molar-refractivity contribution is 0.482. The van der Waals surface area contributed by atoms with Crippen molar-refractivity contribution in [2.45, 2.75) is 19.9 Å². The van der Waals surface area contributed by atoms with E-state index in [2.05, 4.69) is 35.0 Å². The SMILES string of the molecule is Cc1nn(CCc2ccccc2)c2c1cc(O)c1ccccc12. The lowest BCUT2D eigenvalue weighted by Crippen LogP contribution is -2.03. The summed E-state index contributed by atoms with van der Waals surface area (Å²) in [6.45, 7) is 2.82. The van der Waals surface area contributed by atoms with Gasteiger partial charge in [-0.3, -0.25) is 4.68 Å². The lowest BCUT2D eigenvalue weighted by Gasteiger charge is -2.08. The molecular weight excluding hydrogens is 284 g/mol. The van der Waals surface area contributed by atoms with Gasteiger partial charge in [-0.15, -0.1) is 0 Å². The van der Waals surface area contributed by atoms with E-state index < -0.39 is 0 Å². The van der Waals surface area contributed by atoms with E-state index in [1.54, 1.807) is 0 Å². The molecule has 3 heteroatoms. The number of hydrogen-bond donors (Lipinski definition) is 1. The fourth-order valence-corrected chi connectivity index (χ4v) is 3.22. The van der Waals surface area contributed by atoms with Crippen LogP contribution in [-0.4, -0.2) is 14.9 Å². The van der Waals surface area contributed by atoms with Crippen LogP contribution in [0.5, 0.6) is 5.75 Å². The van der Waals surface area contributed by atoms with Crippen molar-refractivity contribution in [3.8, 4) is 5.75 Å². The van der Waals surface area contributed by atoms with Crippen LogP contribution in [0.15, 0.2) is 60.7 Å². The van der Waals surface area contributed by atoms with Gasteiger partial charge in [0.05, 0.1) is 11.2 Å². The Morgan fingerprint density at radius 2 is 1.61 bits per heavy atom. The Morgan fingerprint density at radius 3 is 2.39 bits per heavy atom. The molecule has 0 aliphatic rings. The number of phenolic OH excluding ortho intramolecular Hbond substituents is 1. The molecule has 0 radical (unpaired) electrons. The number of aryl methyl sites for hydroxylation is 3. The molecule has 0 aliphatic heterocycles. The lowest BCUT2D eigenvalue weighted by atomic mass is 10.0. The molecule has 0 bridgehead atoms. The van der Waals surface area contributed by atoms with Gasteiger partial charge in [-0.25, -0.2) is 0 Å². The summed E-state index contributed by atoms with van der Waals surface area (Å²) < 4.78 is 2.07. The summed E-state index contributed by atoms with van der Waals surface area (Å²) in [4.78, 5) is 0. The van der Waals surface area contributed by atoms with E-state index >= 15 is 0 Å². The van der Waals surface area contributed by atoms with Crippen LogP contribution in [0, 0.1) is 6.92 Å². The van der Waals surface area contributed by atoms with E-state index in [0.717, 1.165) is 40.3 Å². The third kappa shape index (κ3) is 2.34. The summed E-state index contributed by atoms with van der Waals surface area (Å²) in [5.41, 5.74) is 3.36. The maximum Gasteiger partial charge on any atom is 0.124 e. The molecule has 0 spiro atoms. The first kappa shape index (κ1) is 13.8. The summed E-state index contributed by atoms with van der Waals surface area (Å²) >= 11 is 0. The van der Waals surface area contributed by atoms with E-state index in [1.165, 1.54) is 5.56 Å². The molecule has 0 fully saturated rings. The van der Waals surface area contributed by atoms with Gasteiger partial charge < -0.3 is 5.11 Å². The molecule has 0 atom stereocenters. The van der Waals surface area contributed by atoms with Crippen LogP contribution >= 0.6 is 0 Å². The van der Waals surface area contributed by atoms with Crippen molar-refractivity contribution in [3.63, 3.8) is 0 Å². The second-order valence-corrected chi connectivity index (χ2v) is 5.88. The molecule has 1 aromatic heterocycles. The molecule has 0 unspecified atom stereocenters. The van der Waals surface area contributed by atoms with Gasteiger partial charge in [0.2, 0.25) is 0 Å². The van der Waals surface area contributed by atoms with Gasteiger partial charge in [0.1, 0.15) is 5.75 Å². The maximum atomic E-state index is 10.3. The van der Waals surface area contributed by atoms with E-state index in [1.807, 2.05) is 37.3 Å². The van der Waals surface area contributed by atoms with Crippen molar-refractivity contribution < 1.29 is 5.11 Å². The van der Waals surface area contributed by atoms with Gasteiger partial charge in [-0.05, 0) is 25.0 Å². The van der Waals surface area contributed by atoms with Crippen molar-refractivity contribution in [2.75, 3.05) is 0 Å². The van der Waals surface area contributed by atoms with Crippen LogP contribution in [0.2, 0.25) is 0 Å². The van der Waals surface area contributed by atoms with Crippen molar-refractivity contribution in [1.82, 2.24) is 9.78 Å². The maximum absolute atomic E-state index is 10.3. The van der Waals surface area contributed by atoms with Crippen molar-refractivity contribution in [2.24, 2.45) is 0 Å². The van der Waals surface area contributed by atoms with Gasteiger partial charge in [0, 0.05) is 22.7 Å². The highest BCUT2D eigenvalue weighted by molar-refractivity contribution is 6.09. The predicted octanol–water partition coefficient (Wildman–Crippen LogP) is 4.45. The highest BCUT2D eigenvalue weighted by Crippen LogP contribution is 2.34. The Balaban J connectivity index is 1.85. The molecule has 3 nitrogen and oxygen atoms in total. The molecule has 23 heavy (non-hydrogen) atoms. The number of rotatable bonds is 3. The Hall–Kier alpha value is -2.81. The fourth-order valence-electron chi connectivity index (χ4n) is 3.22. The van der Waals surface area contributed by atoms with Crippen molar-refractivity contribution in [1.29, 1.82) is 0 Å². The van der Waals surface area contributed by atoms with E-state index in [0.29, 0.717) is 5.75 Å². The minimum atomic E-state index is 0.318. The topological polar surface area (TPSA) is 38.0 Å². The van der Waals surface area contributed by atoms with Crippen LogP contribution < -0.4 is 0 Å². The largest absolute Gasteiger partial charge is 0.507 e. The minimum absolute atomic E-state index is 0.318. The zero-order chi connectivity index (χ0) is 15.8. The second-order valence-electron chi connectivity index (χ2n) is 5.88. The smallest absolute Gasteiger partial charge is 0.124 e. The van der Waals surface area contributed by atoms with Gasteiger partial charge in [0.15, 0.2) is 0 Å². The molecule has 1 heterocycles. The fraction of sp³-hybridized carbons (Fsp3) is 0.150. The monoisotopic (exact) mass is 302 g/mol. The van der Waals surface area contributed by atoms with E-state index in [9.17, 15) is 5.11 Å². The van der Waals surface area contributed by atoms with Crippen LogP contribution in [0.4, 0.5) is 0 Å². The summed E-state index contributed by atoms with van der Waals surface area (Å²) in [5, 5.41) is 17.9. The number of aromatic nitrogens is 2. The van der Waals surface area contributed by atoms with Crippen molar-refractivity contribution >= 4 is 21.7 Å². The number of hydrogen-bond acceptors (Lipinski definition) is 2. The summed E-state index contributed by atoms with van der Waals surface area (Å²) in [5.74, 6) is 0.318. The number of fused-ring (bicyclic) bond motifs is 3. The highest BCUT2D eigenvalue weighted by Gasteiger charge is 2.13. The molecule has 0 amide bonds. The Kier molecular flexibility index (Phi) is 3.27.